The van der Waals surface area contributed by atoms with Gasteiger partial charge in [-0.1, -0.05) is 6.42 Å². The summed E-state index contributed by atoms with van der Waals surface area (Å²) in [4.78, 5) is 24.5. The van der Waals surface area contributed by atoms with Crippen LogP contribution in [0, 0.1) is 18.3 Å². The Morgan fingerprint density at radius 1 is 1.22 bits per heavy atom. The van der Waals surface area contributed by atoms with Gasteiger partial charge in [-0.2, -0.15) is 4.98 Å². The minimum absolute atomic E-state index is 0.0323. The van der Waals surface area contributed by atoms with Crippen LogP contribution in [0.4, 0.5) is 0 Å². The Labute approximate surface area is 186 Å². The van der Waals surface area contributed by atoms with Crippen molar-refractivity contribution in [2.45, 2.75) is 40.0 Å². The van der Waals surface area contributed by atoms with Gasteiger partial charge in [-0.15, -0.1) is 5.10 Å². The van der Waals surface area contributed by atoms with Crippen molar-refractivity contribution < 1.29 is 19.4 Å². The molecular formula is C23H27N5O4. The number of carboxylic acid groups (broad SMARTS) is 1. The molecule has 2 N–H and O–H groups in total. The van der Waals surface area contributed by atoms with E-state index >= 15 is 0 Å². The fourth-order valence-corrected chi connectivity index (χ4v) is 3.18. The molecule has 168 valence electrons. The molecule has 0 spiro atoms. The van der Waals surface area contributed by atoms with E-state index in [1.54, 1.807) is 32.3 Å². The van der Waals surface area contributed by atoms with Gasteiger partial charge in [-0.25, -0.2) is 4.98 Å². The zero-order valence-corrected chi connectivity index (χ0v) is 18.5. The highest BCUT2D eigenvalue weighted by Crippen LogP contribution is 2.28. The van der Waals surface area contributed by atoms with Crippen LogP contribution in [0.1, 0.15) is 38.7 Å². The maximum atomic E-state index is 11.2. The number of H-pyrrole nitrogens is 1. The number of carbonyl (C=O) groups is 1. The van der Waals surface area contributed by atoms with Crippen molar-refractivity contribution in [3.63, 3.8) is 0 Å². The van der Waals surface area contributed by atoms with Crippen LogP contribution in [-0.4, -0.2) is 49.4 Å². The van der Waals surface area contributed by atoms with Crippen LogP contribution in [0.25, 0.3) is 22.6 Å². The second-order valence-corrected chi connectivity index (χ2v) is 8.82. The van der Waals surface area contributed by atoms with E-state index in [9.17, 15) is 9.90 Å². The number of carboxylic acids is 1. The zero-order chi connectivity index (χ0) is 22.7. The summed E-state index contributed by atoms with van der Waals surface area (Å²) < 4.78 is 11.2. The average Bonchev–Trinajstić information content (AvgIpc) is 3.20. The van der Waals surface area contributed by atoms with E-state index in [0.717, 1.165) is 22.4 Å². The molecule has 0 unspecified atom stereocenters. The first-order valence-electron chi connectivity index (χ1n) is 10.7. The fourth-order valence-electron chi connectivity index (χ4n) is 3.18. The Balaban J connectivity index is 1.41. The maximum absolute atomic E-state index is 11.2. The van der Waals surface area contributed by atoms with Crippen LogP contribution in [0.5, 0.6) is 11.9 Å². The molecule has 4 rings (SSSR count). The van der Waals surface area contributed by atoms with Crippen LogP contribution in [-0.2, 0) is 4.79 Å². The van der Waals surface area contributed by atoms with Crippen molar-refractivity contribution in [2.75, 3.05) is 13.2 Å². The van der Waals surface area contributed by atoms with E-state index in [2.05, 4.69) is 25.1 Å². The lowest BCUT2D eigenvalue weighted by Crippen LogP contribution is -2.30. The fraction of sp³-hybridized carbons (Fsp3) is 0.435. The molecule has 1 aliphatic carbocycles. The summed E-state index contributed by atoms with van der Waals surface area (Å²) in [5.74, 6) is 0.690. The third-order valence-corrected chi connectivity index (χ3v) is 5.70. The lowest BCUT2D eigenvalue weighted by Gasteiger charge is -2.23. The maximum Gasteiger partial charge on any atom is 0.335 e. The molecule has 0 atom stereocenters. The molecule has 3 aromatic heterocycles. The third kappa shape index (κ3) is 4.87. The molecule has 9 heteroatoms. The number of aromatic nitrogens is 5. The van der Waals surface area contributed by atoms with Crippen LogP contribution >= 0.6 is 0 Å². The van der Waals surface area contributed by atoms with E-state index in [0.29, 0.717) is 30.2 Å². The zero-order valence-electron chi connectivity index (χ0n) is 18.5. The normalized spacial score (nSPS) is 14.1. The molecule has 0 bridgehead atoms. The number of aryl methyl sites for hydroxylation is 1. The summed E-state index contributed by atoms with van der Waals surface area (Å²) in [5, 5.41) is 16.2. The van der Waals surface area contributed by atoms with Gasteiger partial charge >= 0.3 is 12.0 Å². The van der Waals surface area contributed by atoms with Gasteiger partial charge in [-0.05, 0) is 57.2 Å². The average molecular weight is 438 g/mol. The molecule has 0 aromatic carbocycles. The highest BCUT2D eigenvalue weighted by Gasteiger charge is 2.28. The molecule has 1 fully saturated rings. The predicted octanol–water partition coefficient (Wildman–Crippen LogP) is 3.91. The van der Waals surface area contributed by atoms with Gasteiger partial charge in [0.1, 0.15) is 6.61 Å². The monoisotopic (exact) mass is 437 g/mol. The summed E-state index contributed by atoms with van der Waals surface area (Å²) in [7, 11) is 0. The van der Waals surface area contributed by atoms with Gasteiger partial charge in [0.2, 0.25) is 5.88 Å². The van der Waals surface area contributed by atoms with E-state index in [4.69, 9.17) is 9.47 Å². The van der Waals surface area contributed by atoms with Crippen molar-refractivity contribution in [3.8, 4) is 34.5 Å². The highest BCUT2D eigenvalue weighted by atomic mass is 16.5. The smallest absolute Gasteiger partial charge is 0.335 e. The molecule has 3 aromatic rings. The molecule has 0 radical (unpaired) electrons. The molecule has 9 nitrogen and oxygen atoms in total. The van der Waals surface area contributed by atoms with E-state index in [1.807, 2.05) is 19.1 Å². The summed E-state index contributed by atoms with van der Waals surface area (Å²) >= 11 is 0. The molecule has 32 heavy (non-hydrogen) atoms. The highest BCUT2D eigenvalue weighted by molar-refractivity contribution is 5.73. The number of hydrogen-bond donors (Lipinski definition) is 2. The van der Waals surface area contributed by atoms with E-state index in [-0.39, 0.29) is 6.61 Å². The number of ether oxygens (including phenoxy) is 2. The minimum atomic E-state index is -0.992. The van der Waals surface area contributed by atoms with Crippen molar-refractivity contribution in [3.05, 3.63) is 36.2 Å². The number of hydrogen-bond acceptors (Lipinski definition) is 7. The Hall–Kier alpha value is -3.49. The molecule has 1 aliphatic rings. The Morgan fingerprint density at radius 3 is 2.66 bits per heavy atom. The largest absolute Gasteiger partial charge is 0.481 e. The topological polar surface area (TPSA) is 123 Å². The quantitative estimate of drug-likeness (QED) is 0.516. The Bertz CT molecular complexity index is 1090. The van der Waals surface area contributed by atoms with Crippen molar-refractivity contribution in [1.29, 1.82) is 0 Å². The molecule has 0 aliphatic heterocycles. The lowest BCUT2D eigenvalue weighted by molar-refractivity contribution is -0.148. The first-order valence-corrected chi connectivity index (χ1v) is 10.7. The van der Waals surface area contributed by atoms with Crippen LogP contribution < -0.4 is 9.47 Å². The predicted molar refractivity (Wildman–Crippen MR) is 117 cm³/mol. The van der Waals surface area contributed by atoms with Gasteiger partial charge in [0.15, 0.2) is 5.82 Å². The second kappa shape index (κ2) is 8.94. The minimum Gasteiger partial charge on any atom is -0.481 e. The van der Waals surface area contributed by atoms with Gasteiger partial charge < -0.3 is 14.6 Å². The number of aliphatic carboxylic acids is 1. The SMILES string of the molecule is Cc1cc(OCC(C)(C)C(=O)O)ncc1-c1ccc(-c2nc(OCC3CCC3)n[nH]2)cn1. The molecular weight excluding hydrogens is 410 g/mol. The summed E-state index contributed by atoms with van der Waals surface area (Å²) in [6.07, 6.45) is 7.11. The van der Waals surface area contributed by atoms with Crippen molar-refractivity contribution in [2.24, 2.45) is 11.3 Å². The number of rotatable bonds is 9. The Morgan fingerprint density at radius 2 is 2.03 bits per heavy atom. The van der Waals surface area contributed by atoms with Crippen LogP contribution in [0.3, 0.4) is 0 Å². The second-order valence-electron chi connectivity index (χ2n) is 8.82. The molecule has 0 amide bonds. The number of pyridine rings is 2. The van der Waals surface area contributed by atoms with Crippen molar-refractivity contribution >= 4 is 5.97 Å². The molecule has 1 saturated carbocycles. The summed E-state index contributed by atoms with van der Waals surface area (Å²) in [5.41, 5.74) is 2.37. The van der Waals surface area contributed by atoms with E-state index in [1.165, 1.54) is 19.3 Å². The number of nitrogens with one attached hydrogen (secondary N) is 1. The molecule has 0 saturated heterocycles. The number of aromatic amines is 1. The molecule has 3 heterocycles. The first-order chi connectivity index (χ1) is 15.3. The van der Waals surface area contributed by atoms with E-state index < -0.39 is 11.4 Å². The summed E-state index contributed by atoms with van der Waals surface area (Å²) in [6, 6.07) is 5.95. The standard InChI is InChI=1S/C23H27N5O4/c1-14-9-19(32-13-23(2,3)21(29)30)25-11-17(14)18-8-7-16(10-24-18)20-26-22(28-27-20)31-12-15-5-4-6-15/h7-11,15H,4-6,12-13H2,1-3H3,(H,29,30)(H,26,27,28). The first kappa shape index (κ1) is 21.7. The Kier molecular flexibility index (Phi) is 6.07. The number of nitrogens with zero attached hydrogens (tertiary/aromatic N) is 4. The lowest BCUT2D eigenvalue weighted by atomic mass is 9.86. The van der Waals surface area contributed by atoms with Gasteiger partial charge in [0, 0.05) is 29.6 Å². The third-order valence-electron chi connectivity index (χ3n) is 5.70. The van der Waals surface area contributed by atoms with Gasteiger partial charge in [0.25, 0.3) is 0 Å². The van der Waals surface area contributed by atoms with Gasteiger partial charge in [0.05, 0.1) is 17.7 Å². The van der Waals surface area contributed by atoms with Crippen LogP contribution in [0.15, 0.2) is 30.6 Å². The summed E-state index contributed by atoms with van der Waals surface area (Å²) in [6.45, 7) is 5.85. The van der Waals surface area contributed by atoms with Crippen molar-refractivity contribution in [1.82, 2.24) is 25.1 Å². The van der Waals surface area contributed by atoms with Gasteiger partial charge in [-0.3, -0.25) is 14.9 Å². The van der Waals surface area contributed by atoms with Crippen LogP contribution in [0.2, 0.25) is 0 Å².